The van der Waals surface area contributed by atoms with Gasteiger partial charge in [-0.3, -0.25) is 0 Å². The summed E-state index contributed by atoms with van der Waals surface area (Å²) in [6.45, 7) is 5.05. The normalized spacial score (nSPS) is 25.0. The highest BCUT2D eigenvalue weighted by Crippen LogP contribution is 2.28. The quantitative estimate of drug-likeness (QED) is 0.409. The second-order valence-electron chi connectivity index (χ2n) is 3.77. The Morgan fingerprint density at radius 2 is 2.50 bits per heavy atom. The van der Waals surface area contributed by atoms with E-state index < -0.39 is 4.92 Å². The molecule has 1 aliphatic rings. The van der Waals surface area contributed by atoms with E-state index in [0.717, 1.165) is 0 Å². The third kappa shape index (κ3) is 1.60. The van der Waals surface area contributed by atoms with Crippen LogP contribution in [0.1, 0.15) is 12.7 Å². The smallest absolute Gasteiger partial charge is 0.368 e. The Morgan fingerprint density at radius 1 is 1.86 bits per heavy atom. The third-order valence-electron chi connectivity index (χ3n) is 2.29. The van der Waals surface area contributed by atoms with Crippen molar-refractivity contribution in [2.45, 2.75) is 26.0 Å². The lowest BCUT2D eigenvalue weighted by atomic mass is 10.2. The molecule has 1 aromatic heterocycles. The maximum Gasteiger partial charge on any atom is 0.381 e. The van der Waals surface area contributed by atoms with Crippen LogP contribution in [0.4, 0.5) is 5.82 Å². The summed E-state index contributed by atoms with van der Waals surface area (Å²) in [7, 11) is 0. The first-order valence-electron chi connectivity index (χ1n) is 4.32. The maximum atomic E-state index is 10.4. The monoisotopic (exact) mass is 197 g/mol. The topological polar surface area (TPSA) is 73.5 Å². The zero-order valence-electron chi connectivity index (χ0n) is 8.06. The van der Waals surface area contributed by atoms with E-state index in [2.05, 4.69) is 4.98 Å². The molecule has 76 valence electrons. The lowest BCUT2D eigenvalue weighted by molar-refractivity contribution is -0.389. The SMILES string of the molecule is Cc1nc([N+](=O)[O-])cn1C[C@]1(C)CO1. The van der Waals surface area contributed by atoms with Crippen LogP contribution in [0, 0.1) is 17.0 Å². The molecule has 6 nitrogen and oxygen atoms in total. The van der Waals surface area contributed by atoms with Gasteiger partial charge in [-0.25, -0.2) is 0 Å². The molecular weight excluding hydrogens is 186 g/mol. The summed E-state index contributed by atoms with van der Waals surface area (Å²) >= 11 is 0. The molecule has 2 heterocycles. The molecule has 0 amide bonds. The molecular formula is C8H11N3O3. The molecule has 1 atom stereocenters. The van der Waals surface area contributed by atoms with Crippen LogP contribution in [-0.2, 0) is 11.3 Å². The number of aryl methyl sites for hydroxylation is 1. The van der Waals surface area contributed by atoms with Gasteiger partial charge in [0.2, 0.25) is 5.82 Å². The highest BCUT2D eigenvalue weighted by molar-refractivity contribution is 5.17. The number of imidazole rings is 1. The summed E-state index contributed by atoms with van der Waals surface area (Å²) in [4.78, 5) is 13.8. The Morgan fingerprint density at radius 3 is 2.93 bits per heavy atom. The average Bonchev–Trinajstić information content (AvgIpc) is 2.69. The largest absolute Gasteiger partial charge is 0.381 e. The summed E-state index contributed by atoms with van der Waals surface area (Å²) in [5, 5.41) is 10.4. The third-order valence-corrected chi connectivity index (χ3v) is 2.29. The predicted octanol–water partition coefficient (Wildman–Crippen LogP) is 0.889. The minimum absolute atomic E-state index is 0.105. The number of nitrogens with zero attached hydrogens (tertiary/aromatic N) is 3. The van der Waals surface area contributed by atoms with E-state index in [-0.39, 0.29) is 11.4 Å². The van der Waals surface area contributed by atoms with Crippen LogP contribution in [0.3, 0.4) is 0 Å². The van der Waals surface area contributed by atoms with Crippen molar-refractivity contribution in [3.63, 3.8) is 0 Å². The van der Waals surface area contributed by atoms with Crippen molar-refractivity contribution >= 4 is 5.82 Å². The number of rotatable bonds is 3. The summed E-state index contributed by atoms with van der Waals surface area (Å²) < 4.78 is 6.96. The molecule has 2 rings (SSSR count). The molecule has 14 heavy (non-hydrogen) atoms. The van der Waals surface area contributed by atoms with E-state index in [0.29, 0.717) is 19.0 Å². The minimum Gasteiger partial charge on any atom is -0.368 e. The number of epoxide rings is 1. The molecule has 1 fully saturated rings. The van der Waals surface area contributed by atoms with Gasteiger partial charge in [0.15, 0.2) is 0 Å². The Hall–Kier alpha value is -1.43. The van der Waals surface area contributed by atoms with Gasteiger partial charge in [0.1, 0.15) is 11.8 Å². The molecule has 1 saturated heterocycles. The van der Waals surface area contributed by atoms with Gasteiger partial charge in [0, 0.05) is 6.92 Å². The molecule has 6 heteroatoms. The fraction of sp³-hybridized carbons (Fsp3) is 0.625. The Bertz CT molecular complexity index is 381. The summed E-state index contributed by atoms with van der Waals surface area (Å²) in [6, 6.07) is 0. The molecule has 0 bridgehead atoms. The lowest BCUT2D eigenvalue weighted by Gasteiger charge is -2.04. The van der Waals surface area contributed by atoms with Crippen molar-refractivity contribution in [3.8, 4) is 0 Å². The Labute approximate surface area is 80.7 Å². The maximum absolute atomic E-state index is 10.4. The number of aromatic nitrogens is 2. The minimum atomic E-state index is -0.487. The first-order valence-corrected chi connectivity index (χ1v) is 4.32. The second kappa shape index (κ2) is 2.78. The van der Waals surface area contributed by atoms with Crippen molar-refractivity contribution in [3.05, 3.63) is 22.1 Å². The van der Waals surface area contributed by atoms with Crippen LogP contribution in [0.25, 0.3) is 0 Å². The molecule has 0 radical (unpaired) electrons. The predicted molar refractivity (Wildman–Crippen MR) is 48.0 cm³/mol. The molecule has 0 aromatic carbocycles. The van der Waals surface area contributed by atoms with Gasteiger partial charge >= 0.3 is 5.82 Å². The van der Waals surface area contributed by atoms with Crippen LogP contribution in [0.2, 0.25) is 0 Å². The van der Waals surface area contributed by atoms with Gasteiger partial charge in [-0.15, -0.1) is 0 Å². The molecule has 1 aromatic rings. The van der Waals surface area contributed by atoms with Crippen LogP contribution < -0.4 is 0 Å². The highest BCUT2D eigenvalue weighted by atomic mass is 16.6. The standard InChI is InChI=1S/C8H11N3O3/c1-6-9-7(11(12)13)3-10(6)4-8(2)5-14-8/h3H,4-5H2,1-2H3/t8-/m1/s1. The molecule has 0 saturated carbocycles. The molecule has 1 aliphatic heterocycles. The van der Waals surface area contributed by atoms with Gasteiger partial charge in [-0.1, -0.05) is 0 Å². The summed E-state index contributed by atoms with van der Waals surface area (Å²) in [6.07, 6.45) is 1.45. The van der Waals surface area contributed by atoms with Crippen LogP contribution in [0.5, 0.6) is 0 Å². The average molecular weight is 197 g/mol. The van der Waals surface area contributed by atoms with E-state index in [1.165, 1.54) is 6.20 Å². The van der Waals surface area contributed by atoms with Crippen LogP contribution in [-0.4, -0.2) is 26.7 Å². The Balaban J connectivity index is 2.21. The molecule has 0 aliphatic carbocycles. The molecule has 0 unspecified atom stereocenters. The number of ether oxygens (including phenoxy) is 1. The van der Waals surface area contributed by atoms with Crippen molar-refractivity contribution in [1.29, 1.82) is 0 Å². The van der Waals surface area contributed by atoms with Crippen molar-refractivity contribution in [2.24, 2.45) is 0 Å². The lowest BCUT2D eigenvalue weighted by Crippen LogP contribution is -2.15. The van der Waals surface area contributed by atoms with Gasteiger partial charge in [-0.05, 0) is 16.8 Å². The zero-order valence-corrected chi connectivity index (χ0v) is 8.06. The van der Waals surface area contributed by atoms with Crippen molar-refractivity contribution < 1.29 is 9.66 Å². The Kier molecular flexibility index (Phi) is 1.81. The van der Waals surface area contributed by atoms with Gasteiger partial charge in [0.05, 0.1) is 13.2 Å². The number of nitro groups is 1. The van der Waals surface area contributed by atoms with E-state index in [9.17, 15) is 10.1 Å². The fourth-order valence-corrected chi connectivity index (χ4v) is 1.31. The van der Waals surface area contributed by atoms with Crippen molar-refractivity contribution in [2.75, 3.05) is 6.61 Å². The van der Waals surface area contributed by atoms with E-state index in [1.807, 2.05) is 6.92 Å². The fourth-order valence-electron chi connectivity index (χ4n) is 1.31. The zero-order chi connectivity index (χ0) is 10.3. The molecule has 0 N–H and O–H groups in total. The van der Waals surface area contributed by atoms with E-state index in [4.69, 9.17) is 4.74 Å². The van der Waals surface area contributed by atoms with Crippen molar-refractivity contribution in [1.82, 2.24) is 9.55 Å². The van der Waals surface area contributed by atoms with E-state index >= 15 is 0 Å². The summed E-state index contributed by atoms with van der Waals surface area (Å²) in [5.41, 5.74) is -0.153. The van der Waals surface area contributed by atoms with Crippen LogP contribution >= 0.6 is 0 Å². The summed E-state index contributed by atoms with van der Waals surface area (Å²) in [5.74, 6) is 0.542. The first-order chi connectivity index (χ1) is 6.50. The van der Waals surface area contributed by atoms with Gasteiger partial charge < -0.3 is 19.4 Å². The molecule has 0 spiro atoms. The van der Waals surface area contributed by atoms with Gasteiger partial charge in [-0.2, -0.15) is 0 Å². The van der Waals surface area contributed by atoms with E-state index in [1.54, 1.807) is 11.5 Å². The highest BCUT2D eigenvalue weighted by Gasteiger charge is 2.40. The van der Waals surface area contributed by atoms with Gasteiger partial charge in [0.25, 0.3) is 0 Å². The first kappa shape index (κ1) is 9.14. The second-order valence-corrected chi connectivity index (χ2v) is 3.77. The number of hydrogen-bond donors (Lipinski definition) is 0. The number of hydrogen-bond acceptors (Lipinski definition) is 4. The van der Waals surface area contributed by atoms with Crippen LogP contribution in [0.15, 0.2) is 6.20 Å².